The molecule has 0 radical (unpaired) electrons. The number of hydrogen-bond acceptors (Lipinski definition) is 8. The van der Waals surface area contributed by atoms with Gasteiger partial charge in [0.05, 0.1) is 37.6 Å². The topological polar surface area (TPSA) is 105 Å². The molecule has 0 N–H and O–H groups in total. The summed E-state index contributed by atoms with van der Waals surface area (Å²) in [4.78, 5) is 47.8. The van der Waals surface area contributed by atoms with E-state index in [1.54, 1.807) is 24.3 Å². The van der Waals surface area contributed by atoms with Crippen LogP contribution in [0.3, 0.4) is 0 Å². The molecule has 0 aliphatic rings. The molecule has 74 heavy (non-hydrogen) atoms. The highest BCUT2D eigenvalue weighted by Gasteiger charge is 2.19. The van der Waals surface area contributed by atoms with Gasteiger partial charge in [0.25, 0.3) is 0 Å². The molecule has 1 aromatic carbocycles. The lowest BCUT2D eigenvalue weighted by Gasteiger charge is -2.10. The Kier molecular flexibility index (Phi) is 51.7. The minimum atomic E-state index is -0.436. The van der Waals surface area contributed by atoms with Crippen molar-refractivity contribution in [2.45, 2.75) is 308 Å². The zero-order valence-corrected chi connectivity index (χ0v) is 47.9. The van der Waals surface area contributed by atoms with Crippen LogP contribution in [-0.4, -0.2) is 50.3 Å². The van der Waals surface area contributed by atoms with Crippen LogP contribution in [0.25, 0.3) is 0 Å². The largest absolute Gasteiger partial charge is 0.463 e. The van der Waals surface area contributed by atoms with E-state index in [2.05, 4.69) is 13.2 Å². The molecule has 0 fully saturated rings. The van der Waals surface area contributed by atoms with Crippen LogP contribution in [-0.2, 0) is 28.5 Å². The van der Waals surface area contributed by atoms with Crippen LogP contribution < -0.4 is 0 Å². The highest BCUT2D eigenvalue weighted by molar-refractivity contribution is 6.03. The Morgan fingerprint density at radius 2 is 0.405 bits per heavy atom. The van der Waals surface area contributed by atoms with Crippen LogP contribution >= 0.6 is 0 Å². The molecule has 0 aliphatic carbocycles. The van der Waals surface area contributed by atoms with Gasteiger partial charge in [0.1, 0.15) is 0 Å². The van der Waals surface area contributed by atoms with Gasteiger partial charge in [-0.1, -0.05) is 308 Å². The van der Waals surface area contributed by atoms with Gasteiger partial charge >= 0.3 is 23.9 Å². The average Bonchev–Trinajstić information content (AvgIpc) is 3.41. The first kappa shape index (κ1) is 68.6. The minimum Gasteiger partial charge on any atom is -0.463 e. The van der Waals surface area contributed by atoms with E-state index >= 15 is 0 Å². The maximum atomic E-state index is 12.9. The molecule has 0 aromatic heterocycles. The Morgan fingerprint density at radius 3 is 0.568 bits per heavy atom. The zero-order chi connectivity index (χ0) is 53.3. The van der Waals surface area contributed by atoms with Gasteiger partial charge in [-0.3, -0.25) is 0 Å². The summed E-state index contributed by atoms with van der Waals surface area (Å²) in [5, 5.41) is 0. The molecule has 0 bridgehead atoms. The summed E-state index contributed by atoms with van der Waals surface area (Å²) in [6.07, 6.45) is 64.3. The van der Waals surface area contributed by atoms with E-state index in [1.165, 1.54) is 269 Å². The second-order valence-electron chi connectivity index (χ2n) is 21.5. The molecule has 0 saturated carbocycles. The zero-order valence-electron chi connectivity index (χ0n) is 47.9. The van der Waals surface area contributed by atoms with Crippen molar-refractivity contribution in [3.05, 3.63) is 60.7 Å². The average molecular weight is 1040 g/mol. The monoisotopic (exact) mass is 1030 g/mol. The van der Waals surface area contributed by atoms with Crippen molar-refractivity contribution in [3.63, 3.8) is 0 Å². The predicted octanol–water partition coefficient (Wildman–Crippen LogP) is 20.2. The first-order chi connectivity index (χ1) is 36.5. The van der Waals surface area contributed by atoms with E-state index in [9.17, 15) is 19.2 Å². The summed E-state index contributed by atoms with van der Waals surface area (Å²) < 4.78 is 21.2. The van der Waals surface area contributed by atoms with E-state index < -0.39 is 11.9 Å². The summed E-state index contributed by atoms with van der Waals surface area (Å²) in [7, 11) is 0. The van der Waals surface area contributed by atoms with Gasteiger partial charge in [0.2, 0.25) is 0 Å². The Balaban J connectivity index is 1.84. The molecule has 8 nitrogen and oxygen atoms in total. The lowest BCUT2D eigenvalue weighted by atomic mass is 10.0. The Morgan fingerprint density at radius 1 is 0.257 bits per heavy atom. The van der Waals surface area contributed by atoms with Gasteiger partial charge in [-0.15, -0.1) is 0 Å². The Hall–Kier alpha value is -3.42. The third-order valence-corrected chi connectivity index (χ3v) is 14.7. The number of esters is 4. The first-order valence-corrected chi connectivity index (χ1v) is 31.5. The molecular formula is C66H114O8. The van der Waals surface area contributed by atoms with Gasteiger partial charge < -0.3 is 18.9 Å². The van der Waals surface area contributed by atoms with Crippen molar-refractivity contribution >= 4 is 23.9 Å². The van der Waals surface area contributed by atoms with Crippen LogP contribution in [0.15, 0.2) is 49.6 Å². The lowest BCUT2D eigenvalue weighted by molar-refractivity contribution is -0.138. The number of hydrogen-bond donors (Lipinski definition) is 0. The molecule has 0 unspecified atom stereocenters. The molecule has 0 aliphatic heterocycles. The second-order valence-corrected chi connectivity index (χ2v) is 21.5. The summed E-state index contributed by atoms with van der Waals surface area (Å²) in [5.41, 5.74) is 0.600. The molecule has 1 rings (SSSR count). The third-order valence-electron chi connectivity index (χ3n) is 14.7. The number of rotatable bonds is 58. The summed E-state index contributed by atoms with van der Waals surface area (Å²) in [6.45, 7) is 8.65. The summed E-state index contributed by atoms with van der Waals surface area (Å²) in [6, 6.07) is 6.89. The quantitative estimate of drug-likeness (QED) is 0.0275. The molecular weight excluding hydrogens is 921 g/mol. The van der Waals surface area contributed by atoms with Gasteiger partial charge in [-0.05, 0) is 37.8 Å². The second kappa shape index (κ2) is 55.8. The van der Waals surface area contributed by atoms with Crippen molar-refractivity contribution in [1.29, 1.82) is 0 Å². The van der Waals surface area contributed by atoms with Crippen LogP contribution in [0.5, 0.6) is 0 Å². The molecule has 0 heterocycles. The van der Waals surface area contributed by atoms with Gasteiger partial charge in [0.15, 0.2) is 0 Å². The fourth-order valence-electron chi connectivity index (χ4n) is 9.97. The molecule has 1 aromatic rings. The first-order valence-electron chi connectivity index (χ1n) is 31.5. The molecule has 0 amide bonds. The van der Waals surface area contributed by atoms with Crippen molar-refractivity contribution in [3.8, 4) is 0 Å². The van der Waals surface area contributed by atoms with Gasteiger partial charge in [-0.25, -0.2) is 19.2 Å². The highest BCUT2D eigenvalue weighted by atomic mass is 16.5. The van der Waals surface area contributed by atoms with Crippen LogP contribution in [0.4, 0.5) is 0 Å². The number of carbonyl (C=O) groups excluding carboxylic acids is 4. The maximum Gasteiger partial charge on any atom is 0.339 e. The summed E-state index contributed by atoms with van der Waals surface area (Å²) >= 11 is 0. The Bertz CT molecular complexity index is 1350. The van der Waals surface area contributed by atoms with E-state index in [4.69, 9.17) is 18.9 Å². The number of unbranched alkanes of at least 4 members (excludes halogenated alkanes) is 46. The lowest BCUT2D eigenvalue weighted by Crippen LogP contribution is -2.15. The van der Waals surface area contributed by atoms with E-state index in [0.29, 0.717) is 37.6 Å². The molecule has 0 spiro atoms. The SMILES string of the molecule is C=CC(=O)OCCCCCCCCCCCCCCCCCCCCCCCCCCOC(=O)c1ccccc1C(=O)OCCCCCCCCCCCCCCCCCCCCCCCCCCOC(=O)C=C. The molecule has 0 saturated heterocycles. The van der Waals surface area contributed by atoms with E-state index in [0.717, 1.165) is 51.4 Å². The predicted molar refractivity (Wildman–Crippen MR) is 311 cm³/mol. The number of carbonyl (C=O) groups is 4. The van der Waals surface area contributed by atoms with E-state index in [-0.39, 0.29) is 11.9 Å². The van der Waals surface area contributed by atoms with E-state index in [1.807, 2.05) is 0 Å². The maximum absolute atomic E-state index is 12.9. The number of ether oxygens (including phenoxy) is 4. The van der Waals surface area contributed by atoms with Crippen molar-refractivity contribution in [2.24, 2.45) is 0 Å². The highest BCUT2D eigenvalue weighted by Crippen LogP contribution is 2.19. The normalized spacial score (nSPS) is 11.1. The smallest absolute Gasteiger partial charge is 0.339 e. The van der Waals surface area contributed by atoms with Gasteiger partial charge in [0, 0.05) is 12.2 Å². The van der Waals surface area contributed by atoms with Crippen LogP contribution in [0.1, 0.15) is 329 Å². The van der Waals surface area contributed by atoms with Gasteiger partial charge in [-0.2, -0.15) is 0 Å². The summed E-state index contributed by atoms with van der Waals surface area (Å²) in [5.74, 6) is -1.50. The Labute approximate surface area is 455 Å². The fraction of sp³-hybridized carbons (Fsp3) is 0.788. The van der Waals surface area contributed by atoms with Crippen molar-refractivity contribution < 1.29 is 38.1 Å². The number of benzene rings is 1. The van der Waals surface area contributed by atoms with Crippen LogP contribution in [0.2, 0.25) is 0 Å². The molecule has 426 valence electrons. The van der Waals surface area contributed by atoms with Crippen molar-refractivity contribution in [2.75, 3.05) is 26.4 Å². The van der Waals surface area contributed by atoms with Crippen LogP contribution in [0, 0.1) is 0 Å². The van der Waals surface area contributed by atoms with Crippen molar-refractivity contribution in [1.82, 2.24) is 0 Å². The molecule has 8 heteroatoms. The minimum absolute atomic E-state index is 0.300. The molecule has 0 atom stereocenters. The standard InChI is InChI=1S/C66H114O8/c1-3-63(67)71-57-51-45-41-37-33-29-25-21-17-13-9-5-7-11-15-19-23-27-31-35-39-43-47-53-59-73-65(69)61-55-49-50-56-62(61)66(70)74-60-54-48-44-40-36-32-28-24-20-16-12-8-6-10-14-18-22-26-30-34-38-42-46-52-58-72-64(68)4-2/h3-4,49-50,55-56H,1-2,5-48,51-54,57-60H2. The third kappa shape index (κ3) is 47.1. The fourth-order valence-corrected chi connectivity index (χ4v) is 9.97.